The minimum absolute atomic E-state index is 0.232. The molecule has 0 spiro atoms. The molecule has 1 aromatic carbocycles. The highest BCUT2D eigenvalue weighted by molar-refractivity contribution is 5.59. The number of hydrogen-bond acceptors (Lipinski definition) is 3. The minimum Gasteiger partial charge on any atom is -0.388 e. The van der Waals surface area contributed by atoms with Crippen LogP contribution in [-0.2, 0) is 19.3 Å². The van der Waals surface area contributed by atoms with Gasteiger partial charge in [0.25, 0.3) is 0 Å². The van der Waals surface area contributed by atoms with Crippen LogP contribution in [0.3, 0.4) is 0 Å². The highest BCUT2D eigenvalue weighted by atomic mass is 19.4. The van der Waals surface area contributed by atoms with Crippen LogP contribution in [0.2, 0.25) is 0 Å². The van der Waals surface area contributed by atoms with Crippen LogP contribution in [0.25, 0.3) is 11.4 Å². The molecule has 7 heteroatoms. The minimum atomic E-state index is -4.48. The van der Waals surface area contributed by atoms with Gasteiger partial charge in [-0.3, -0.25) is 4.90 Å². The number of likely N-dealkylation sites (tertiary alicyclic amines) is 1. The van der Waals surface area contributed by atoms with Crippen LogP contribution in [-0.4, -0.2) is 38.2 Å². The lowest BCUT2D eigenvalue weighted by Crippen LogP contribution is -2.46. The molecule has 0 saturated carbocycles. The summed E-state index contributed by atoms with van der Waals surface area (Å²) in [6, 6.07) is 10.8. The summed E-state index contributed by atoms with van der Waals surface area (Å²) in [5, 5.41) is 11.1. The molecular weight excluding hydrogens is 391 g/mol. The summed E-state index contributed by atoms with van der Waals surface area (Å²) in [6.07, 6.45) is -1.66. The first kappa shape index (κ1) is 20.9. The SMILES string of the molecule is Cc1ccc(CN2CCC(O)(Cn3cccc4cc(C(F)(F)F)nc3-4)CC2)cc1C. The molecule has 0 atom stereocenters. The lowest BCUT2D eigenvalue weighted by Gasteiger charge is -2.39. The van der Waals surface area contributed by atoms with E-state index in [9.17, 15) is 18.3 Å². The van der Waals surface area contributed by atoms with Crippen LogP contribution >= 0.6 is 0 Å². The van der Waals surface area contributed by atoms with Gasteiger partial charge in [0, 0.05) is 31.4 Å². The third-order valence-electron chi connectivity index (χ3n) is 6.11. The van der Waals surface area contributed by atoms with Crippen LogP contribution in [0.15, 0.2) is 42.6 Å². The van der Waals surface area contributed by atoms with Gasteiger partial charge in [-0.15, -0.1) is 0 Å². The van der Waals surface area contributed by atoms with Gasteiger partial charge < -0.3 is 9.67 Å². The molecule has 3 heterocycles. The van der Waals surface area contributed by atoms with Crippen molar-refractivity contribution in [2.75, 3.05) is 13.1 Å². The van der Waals surface area contributed by atoms with Gasteiger partial charge in [-0.2, -0.15) is 13.2 Å². The predicted octanol–water partition coefficient (Wildman–Crippen LogP) is 4.65. The van der Waals surface area contributed by atoms with E-state index in [0.717, 1.165) is 25.7 Å². The first-order chi connectivity index (χ1) is 14.1. The van der Waals surface area contributed by atoms with E-state index in [4.69, 9.17) is 0 Å². The van der Waals surface area contributed by atoms with Gasteiger partial charge >= 0.3 is 6.18 Å². The smallest absolute Gasteiger partial charge is 0.388 e. The van der Waals surface area contributed by atoms with Crippen molar-refractivity contribution >= 4 is 0 Å². The third-order valence-corrected chi connectivity index (χ3v) is 6.11. The summed E-state index contributed by atoms with van der Waals surface area (Å²) in [5.41, 5.74) is 2.37. The number of aliphatic hydroxyl groups is 1. The number of nitrogens with zero attached hydrogens (tertiary/aromatic N) is 3. The molecular formula is C23H26F3N3O. The molecule has 3 aliphatic rings. The average Bonchev–Trinajstić information content (AvgIpc) is 3.13. The zero-order valence-corrected chi connectivity index (χ0v) is 17.2. The van der Waals surface area contributed by atoms with Gasteiger partial charge in [0.1, 0.15) is 11.5 Å². The van der Waals surface area contributed by atoms with Gasteiger partial charge in [0.15, 0.2) is 0 Å². The molecule has 0 unspecified atom stereocenters. The Morgan fingerprint density at radius 2 is 1.80 bits per heavy atom. The van der Waals surface area contributed by atoms with Crippen LogP contribution in [0, 0.1) is 13.8 Å². The highest BCUT2D eigenvalue weighted by Gasteiger charge is 2.37. The number of aryl methyl sites for hydroxylation is 2. The second-order valence-corrected chi connectivity index (χ2v) is 8.47. The normalized spacial score (nSPS) is 17.5. The lowest BCUT2D eigenvalue weighted by molar-refractivity contribution is -0.140. The van der Waals surface area contributed by atoms with Crippen molar-refractivity contribution in [1.82, 2.24) is 14.5 Å². The molecule has 4 rings (SSSR count). The molecule has 1 aromatic rings. The number of hydrogen-bond donors (Lipinski definition) is 1. The summed E-state index contributed by atoms with van der Waals surface area (Å²) in [5.74, 6) is 0.260. The Morgan fingerprint density at radius 1 is 1.07 bits per heavy atom. The number of fused-ring (bicyclic) bond motifs is 1. The molecule has 0 bridgehead atoms. The zero-order chi connectivity index (χ0) is 21.5. The maximum absolute atomic E-state index is 13.0. The quantitative estimate of drug-likeness (QED) is 0.672. The first-order valence-corrected chi connectivity index (χ1v) is 10.2. The molecule has 1 fully saturated rings. The number of benzene rings is 1. The Labute approximate surface area is 174 Å². The Kier molecular flexibility index (Phi) is 5.36. The van der Waals surface area contributed by atoms with Crippen molar-refractivity contribution < 1.29 is 18.3 Å². The molecule has 0 amide bonds. The van der Waals surface area contributed by atoms with Crippen molar-refractivity contribution in [2.24, 2.45) is 0 Å². The van der Waals surface area contributed by atoms with Gasteiger partial charge in [-0.05, 0) is 61.6 Å². The second-order valence-electron chi connectivity index (χ2n) is 8.47. The van der Waals surface area contributed by atoms with E-state index in [2.05, 4.69) is 41.9 Å². The first-order valence-electron chi connectivity index (χ1n) is 10.2. The summed E-state index contributed by atoms with van der Waals surface area (Å²) in [4.78, 5) is 6.09. The van der Waals surface area contributed by atoms with Gasteiger partial charge in [0.2, 0.25) is 0 Å². The maximum atomic E-state index is 13.0. The number of halogens is 3. The van der Waals surface area contributed by atoms with E-state index in [1.165, 1.54) is 16.7 Å². The van der Waals surface area contributed by atoms with Crippen LogP contribution < -0.4 is 0 Å². The Bertz CT molecular complexity index is 1000. The zero-order valence-electron chi connectivity index (χ0n) is 17.2. The summed E-state index contributed by atoms with van der Waals surface area (Å²) < 4.78 is 40.7. The van der Waals surface area contributed by atoms with E-state index in [-0.39, 0.29) is 12.4 Å². The Hall–Kier alpha value is -2.38. The summed E-state index contributed by atoms with van der Waals surface area (Å²) in [7, 11) is 0. The van der Waals surface area contributed by atoms with Crippen molar-refractivity contribution in [3.63, 3.8) is 0 Å². The van der Waals surface area contributed by atoms with E-state index >= 15 is 0 Å². The monoisotopic (exact) mass is 417 g/mol. The number of alkyl halides is 3. The third kappa shape index (κ3) is 4.37. The van der Waals surface area contributed by atoms with Crippen LogP contribution in [0.4, 0.5) is 13.2 Å². The number of rotatable bonds is 4. The van der Waals surface area contributed by atoms with Crippen molar-refractivity contribution in [3.05, 3.63) is 65.0 Å². The predicted molar refractivity (Wildman–Crippen MR) is 109 cm³/mol. The lowest BCUT2D eigenvalue weighted by atomic mass is 9.90. The number of aromatic nitrogens is 2. The van der Waals surface area contributed by atoms with Crippen molar-refractivity contribution in [1.29, 1.82) is 0 Å². The van der Waals surface area contributed by atoms with Gasteiger partial charge in [0.05, 0.1) is 12.1 Å². The molecule has 160 valence electrons. The molecule has 0 aromatic heterocycles. The summed E-state index contributed by atoms with van der Waals surface area (Å²) >= 11 is 0. The Morgan fingerprint density at radius 3 is 2.47 bits per heavy atom. The highest BCUT2D eigenvalue weighted by Crippen LogP contribution is 2.35. The van der Waals surface area contributed by atoms with Crippen LogP contribution in [0.1, 0.15) is 35.2 Å². The standard InChI is InChI=1S/C23H26F3N3O/c1-16-5-6-18(12-17(16)2)14-28-10-7-22(30,8-11-28)15-29-9-3-4-19-13-20(23(24,25)26)27-21(19)29/h3-6,9,12-13,30H,7-8,10-11,14-15H2,1-2H3. The van der Waals surface area contributed by atoms with E-state index in [0.29, 0.717) is 18.4 Å². The molecule has 4 nitrogen and oxygen atoms in total. The maximum Gasteiger partial charge on any atom is 0.433 e. The summed E-state index contributed by atoms with van der Waals surface area (Å²) in [6.45, 7) is 6.74. The topological polar surface area (TPSA) is 41.3 Å². The van der Waals surface area contributed by atoms with Gasteiger partial charge in [-0.1, -0.05) is 18.2 Å². The second kappa shape index (κ2) is 7.71. The van der Waals surface area contributed by atoms with E-state index < -0.39 is 17.5 Å². The Balaban J connectivity index is 1.44. The fourth-order valence-electron chi connectivity index (χ4n) is 4.13. The van der Waals surface area contributed by atoms with Crippen molar-refractivity contribution in [3.8, 4) is 11.4 Å². The fourth-order valence-corrected chi connectivity index (χ4v) is 4.13. The molecule has 1 N–H and O–H groups in total. The molecule has 0 radical (unpaired) electrons. The number of pyridine rings is 1. The fraction of sp³-hybridized carbons (Fsp3) is 0.435. The van der Waals surface area contributed by atoms with E-state index in [1.807, 2.05) is 0 Å². The molecule has 1 saturated heterocycles. The van der Waals surface area contributed by atoms with E-state index in [1.54, 1.807) is 22.9 Å². The van der Waals surface area contributed by atoms with Crippen LogP contribution in [0.5, 0.6) is 0 Å². The molecule has 30 heavy (non-hydrogen) atoms. The average molecular weight is 417 g/mol. The molecule has 3 aliphatic heterocycles. The molecule has 0 aliphatic carbocycles. The van der Waals surface area contributed by atoms with Crippen molar-refractivity contribution in [2.45, 2.75) is 51.6 Å². The van der Waals surface area contributed by atoms with Gasteiger partial charge in [-0.25, -0.2) is 4.98 Å². The largest absolute Gasteiger partial charge is 0.433 e. The number of piperidine rings is 1.